The molecule has 1 saturated heterocycles. The van der Waals surface area contributed by atoms with Crippen molar-refractivity contribution in [2.75, 3.05) is 38.1 Å². The van der Waals surface area contributed by atoms with E-state index in [9.17, 15) is 0 Å². The van der Waals surface area contributed by atoms with Gasteiger partial charge in [-0.05, 0) is 32.6 Å². The van der Waals surface area contributed by atoms with Gasteiger partial charge in [0.25, 0.3) is 0 Å². The molecule has 0 spiro atoms. The van der Waals surface area contributed by atoms with Crippen LogP contribution in [0.25, 0.3) is 0 Å². The topological polar surface area (TPSA) is 44.3 Å². The molecule has 0 bridgehead atoms. The lowest BCUT2D eigenvalue weighted by molar-refractivity contribution is 0.233. The standard InChI is InChI=1S/C13H23N5/c1-4-14-9-12-5-6-13(16-15-12)18-8-7-17(3)11(2)10-18/h5-6,11,14H,4,7-10H2,1-3H3. The fourth-order valence-electron chi connectivity index (χ4n) is 2.13. The van der Waals surface area contributed by atoms with Crippen molar-refractivity contribution in [2.24, 2.45) is 0 Å². The van der Waals surface area contributed by atoms with E-state index in [1.165, 1.54) is 0 Å². The Hall–Kier alpha value is -1.20. The van der Waals surface area contributed by atoms with E-state index in [0.717, 1.165) is 44.2 Å². The number of hydrogen-bond acceptors (Lipinski definition) is 5. The van der Waals surface area contributed by atoms with Gasteiger partial charge in [-0.1, -0.05) is 6.92 Å². The minimum Gasteiger partial charge on any atom is -0.352 e. The summed E-state index contributed by atoms with van der Waals surface area (Å²) in [5.74, 6) is 0.996. The average Bonchev–Trinajstić information content (AvgIpc) is 2.40. The van der Waals surface area contributed by atoms with Crippen LogP contribution in [0.4, 0.5) is 5.82 Å². The molecule has 0 saturated carbocycles. The molecule has 1 N–H and O–H groups in total. The highest BCUT2D eigenvalue weighted by atomic mass is 15.3. The fraction of sp³-hybridized carbons (Fsp3) is 0.692. The van der Waals surface area contributed by atoms with Crippen LogP contribution in [0.1, 0.15) is 19.5 Å². The predicted octanol–water partition coefficient (Wildman–Crippen LogP) is 0.726. The number of hydrogen-bond donors (Lipinski definition) is 1. The van der Waals surface area contributed by atoms with Crippen molar-refractivity contribution in [2.45, 2.75) is 26.4 Å². The maximum Gasteiger partial charge on any atom is 0.151 e. The molecule has 1 aliphatic rings. The second-order valence-electron chi connectivity index (χ2n) is 4.94. The second-order valence-corrected chi connectivity index (χ2v) is 4.94. The van der Waals surface area contributed by atoms with E-state index < -0.39 is 0 Å². The molecule has 100 valence electrons. The zero-order chi connectivity index (χ0) is 13.0. The SMILES string of the molecule is CCNCc1ccc(N2CCN(C)C(C)C2)nn1. The van der Waals surface area contributed by atoms with Crippen LogP contribution < -0.4 is 10.2 Å². The van der Waals surface area contributed by atoms with Gasteiger partial charge in [-0.15, -0.1) is 5.10 Å². The summed E-state index contributed by atoms with van der Waals surface area (Å²) in [6, 6.07) is 4.72. The van der Waals surface area contributed by atoms with E-state index >= 15 is 0 Å². The van der Waals surface area contributed by atoms with E-state index in [4.69, 9.17) is 0 Å². The van der Waals surface area contributed by atoms with Crippen LogP contribution in [-0.4, -0.2) is 54.4 Å². The largest absolute Gasteiger partial charge is 0.352 e. The number of anilines is 1. The first-order valence-electron chi connectivity index (χ1n) is 6.69. The third-order valence-electron chi connectivity index (χ3n) is 3.55. The van der Waals surface area contributed by atoms with Crippen molar-refractivity contribution in [3.8, 4) is 0 Å². The summed E-state index contributed by atoms with van der Waals surface area (Å²) >= 11 is 0. The maximum absolute atomic E-state index is 4.33. The van der Waals surface area contributed by atoms with Crippen molar-refractivity contribution in [3.05, 3.63) is 17.8 Å². The molecule has 1 unspecified atom stereocenters. The summed E-state index contributed by atoms with van der Waals surface area (Å²) in [5.41, 5.74) is 1.00. The van der Waals surface area contributed by atoms with Gasteiger partial charge in [-0.25, -0.2) is 0 Å². The summed E-state index contributed by atoms with van der Waals surface area (Å²) in [4.78, 5) is 4.69. The van der Waals surface area contributed by atoms with Gasteiger partial charge in [0.1, 0.15) is 0 Å². The molecule has 5 heteroatoms. The molecule has 0 aromatic carbocycles. The molecule has 2 rings (SSSR count). The van der Waals surface area contributed by atoms with Gasteiger partial charge in [0, 0.05) is 32.2 Å². The van der Waals surface area contributed by atoms with Crippen LogP contribution in [0.2, 0.25) is 0 Å². The minimum absolute atomic E-state index is 0.571. The van der Waals surface area contributed by atoms with Gasteiger partial charge in [0.05, 0.1) is 5.69 Å². The maximum atomic E-state index is 4.33. The van der Waals surface area contributed by atoms with E-state index in [-0.39, 0.29) is 0 Å². The molecule has 18 heavy (non-hydrogen) atoms. The molecule has 1 aromatic heterocycles. The molecular weight excluding hydrogens is 226 g/mol. The van der Waals surface area contributed by atoms with E-state index in [1.54, 1.807) is 0 Å². The molecule has 0 amide bonds. The van der Waals surface area contributed by atoms with E-state index in [2.05, 4.69) is 58.3 Å². The van der Waals surface area contributed by atoms with Gasteiger partial charge < -0.3 is 15.1 Å². The zero-order valence-electron chi connectivity index (χ0n) is 11.6. The van der Waals surface area contributed by atoms with Crippen molar-refractivity contribution >= 4 is 5.82 Å². The van der Waals surface area contributed by atoms with Crippen molar-refractivity contribution < 1.29 is 0 Å². The molecule has 2 heterocycles. The molecule has 0 aliphatic carbocycles. The number of rotatable bonds is 4. The van der Waals surface area contributed by atoms with Crippen LogP contribution in [0, 0.1) is 0 Å². The normalized spacial score (nSPS) is 21.3. The minimum atomic E-state index is 0.571. The smallest absolute Gasteiger partial charge is 0.151 e. The Balaban J connectivity index is 1.97. The summed E-state index contributed by atoms with van der Waals surface area (Å²) in [6.45, 7) is 9.23. The van der Waals surface area contributed by atoms with Crippen LogP contribution in [0.15, 0.2) is 12.1 Å². The molecule has 1 fully saturated rings. The van der Waals surface area contributed by atoms with E-state index in [0.29, 0.717) is 6.04 Å². The lowest BCUT2D eigenvalue weighted by Crippen LogP contribution is -2.50. The Morgan fingerprint density at radius 2 is 2.17 bits per heavy atom. The highest BCUT2D eigenvalue weighted by Gasteiger charge is 2.21. The second kappa shape index (κ2) is 6.11. The number of nitrogens with zero attached hydrogens (tertiary/aromatic N) is 4. The van der Waals surface area contributed by atoms with Gasteiger partial charge >= 0.3 is 0 Å². The summed E-state index contributed by atoms with van der Waals surface area (Å²) in [7, 11) is 2.17. The Morgan fingerprint density at radius 3 is 2.78 bits per heavy atom. The molecular formula is C13H23N5. The first-order valence-corrected chi connectivity index (χ1v) is 6.69. The third-order valence-corrected chi connectivity index (χ3v) is 3.55. The quantitative estimate of drug-likeness (QED) is 0.852. The van der Waals surface area contributed by atoms with Gasteiger partial charge in [0.2, 0.25) is 0 Å². The summed E-state index contributed by atoms with van der Waals surface area (Å²) in [6.07, 6.45) is 0. The van der Waals surface area contributed by atoms with Gasteiger partial charge in [-0.3, -0.25) is 0 Å². The van der Waals surface area contributed by atoms with Gasteiger partial charge in [-0.2, -0.15) is 5.10 Å². The summed E-state index contributed by atoms with van der Waals surface area (Å²) in [5, 5.41) is 11.9. The van der Waals surface area contributed by atoms with Crippen LogP contribution in [0.3, 0.4) is 0 Å². The van der Waals surface area contributed by atoms with Crippen molar-refractivity contribution in [1.29, 1.82) is 0 Å². The highest BCUT2D eigenvalue weighted by Crippen LogP contribution is 2.15. The first kappa shape index (κ1) is 13.2. The van der Waals surface area contributed by atoms with Crippen LogP contribution in [-0.2, 0) is 6.54 Å². The number of aromatic nitrogens is 2. The predicted molar refractivity (Wildman–Crippen MR) is 73.7 cm³/mol. The molecule has 1 aliphatic heterocycles. The fourth-order valence-corrected chi connectivity index (χ4v) is 2.13. The average molecular weight is 249 g/mol. The Bertz CT molecular complexity index is 364. The molecule has 1 aromatic rings. The number of piperazine rings is 1. The van der Waals surface area contributed by atoms with E-state index in [1.807, 2.05) is 0 Å². The van der Waals surface area contributed by atoms with Crippen molar-refractivity contribution in [1.82, 2.24) is 20.4 Å². The van der Waals surface area contributed by atoms with Crippen molar-refractivity contribution in [3.63, 3.8) is 0 Å². The lowest BCUT2D eigenvalue weighted by atomic mass is 10.2. The zero-order valence-corrected chi connectivity index (χ0v) is 11.6. The van der Waals surface area contributed by atoms with Gasteiger partial charge in [0.15, 0.2) is 5.82 Å². The first-order chi connectivity index (χ1) is 8.70. The summed E-state index contributed by atoms with van der Waals surface area (Å²) < 4.78 is 0. The molecule has 5 nitrogen and oxygen atoms in total. The number of likely N-dealkylation sites (N-methyl/N-ethyl adjacent to an activating group) is 1. The Morgan fingerprint density at radius 1 is 1.33 bits per heavy atom. The van der Waals surface area contributed by atoms with Crippen LogP contribution in [0.5, 0.6) is 0 Å². The lowest BCUT2D eigenvalue weighted by Gasteiger charge is -2.38. The third kappa shape index (κ3) is 3.17. The number of nitrogens with one attached hydrogen (secondary N) is 1. The monoisotopic (exact) mass is 249 g/mol. The molecule has 0 radical (unpaired) electrons. The highest BCUT2D eigenvalue weighted by molar-refractivity contribution is 5.38. The Labute approximate surface area is 109 Å². The molecule has 1 atom stereocenters. The van der Waals surface area contributed by atoms with Crippen LogP contribution >= 0.6 is 0 Å². The Kier molecular flexibility index (Phi) is 4.49.